The Morgan fingerprint density at radius 1 is 1.42 bits per heavy atom. The van der Waals surface area contributed by atoms with Crippen LogP contribution in [0.1, 0.15) is 24.8 Å². The van der Waals surface area contributed by atoms with Crippen LogP contribution in [0.2, 0.25) is 0 Å². The lowest BCUT2D eigenvalue weighted by Gasteiger charge is -2.46. The first-order valence-electron chi connectivity index (χ1n) is 9.05. The molecule has 3 heterocycles. The van der Waals surface area contributed by atoms with Gasteiger partial charge in [0.2, 0.25) is 5.91 Å². The van der Waals surface area contributed by atoms with E-state index < -0.39 is 11.5 Å². The van der Waals surface area contributed by atoms with Crippen molar-refractivity contribution >= 4 is 5.91 Å². The van der Waals surface area contributed by atoms with Gasteiger partial charge in [0.25, 0.3) is 0 Å². The second-order valence-electron chi connectivity index (χ2n) is 7.30. The van der Waals surface area contributed by atoms with Crippen LogP contribution >= 0.6 is 0 Å². The number of likely N-dealkylation sites (tertiary alicyclic amines) is 1. The number of carbonyl (C=O) groups is 1. The Kier molecular flexibility index (Phi) is 4.50. The first-order chi connectivity index (χ1) is 12.6. The Bertz CT molecular complexity index is 808. The van der Waals surface area contributed by atoms with Crippen LogP contribution in [0.4, 0.5) is 4.39 Å². The Balaban J connectivity index is 1.48. The number of hydrogen-bond acceptors (Lipinski definition) is 4. The summed E-state index contributed by atoms with van der Waals surface area (Å²) in [4.78, 5) is 14.6. The van der Waals surface area contributed by atoms with Crippen molar-refractivity contribution in [2.24, 2.45) is 5.41 Å². The molecule has 2 saturated heterocycles. The lowest BCUT2D eigenvalue weighted by molar-refractivity contribution is -0.149. The molecule has 2 aliphatic heterocycles. The standard InChI is InChI=1S/C19H23FN4O2/c20-15-3-1-4-16(9-15)24-12-14(10-22-24)11-23-8-5-17(25)19(13-23)6-2-7-21-18(19)26/h1,3-4,9-10,12,17,25H,2,5-8,11,13H2,(H,21,26)/t17-,19+/m0/s1. The van der Waals surface area contributed by atoms with Gasteiger partial charge in [0.05, 0.1) is 23.4 Å². The number of hydrogen-bond donors (Lipinski definition) is 2. The maximum Gasteiger partial charge on any atom is 0.230 e. The van der Waals surface area contributed by atoms with E-state index in [-0.39, 0.29) is 11.7 Å². The first kappa shape index (κ1) is 17.2. The molecule has 6 nitrogen and oxygen atoms in total. The molecule has 0 unspecified atom stereocenters. The quantitative estimate of drug-likeness (QED) is 0.872. The summed E-state index contributed by atoms with van der Waals surface area (Å²) in [6.45, 7) is 2.62. The second-order valence-corrected chi connectivity index (χ2v) is 7.30. The number of nitrogens with zero attached hydrogens (tertiary/aromatic N) is 3. The number of rotatable bonds is 3. The minimum absolute atomic E-state index is 0.0311. The highest BCUT2D eigenvalue weighted by atomic mass is 19.1. The fourth-order valence-electron chi connectivity index (χ4n) is 4.12. The monoisotopic (exact) mass is 358 g/mol. The minimum Gasteiger partial charge on any atom is -0.392 e. The number of amides is 1. The summed E-state index contributed by atoms with van der Waals surface area (Å²) in [5, 5.41) is 17.7. The van der Waals surface area contributed by atoms with E-state index in [4.69, 9.17) is 0 Å². The van der Waals surface area contributed by atoms with E-state index in [0.717, 1.165) is 24.9 Å². The number of benzene rings is 1. The van der Waals surface area contributed by atoms with Crippen LogP contribution in [0.3, 0.4) is 0 Å². The number of aliphatic hydroxyl groups is 1. The molecule has 2 aliphatic rings. The van der Waals surface area contributed by atoms with Gasteiger partial charge < -0.3 is 10.4 Å². The summed E-state index contributed by atoms with van der Waals surface area (Å²) < 4.78 is 15.1. The highest BCUT2D eigenvalue weighted by Gasteiger charge is 2.49. The number of halogens is 1. The van der Waals surface area contributed by atoms with E-state index in [2.05, 4.69) is 15.3 Å². The summed E-state index contributed by atoms with van der Waals surface area (Å²) >= 11 is 0. The zero-order valence-electron chi connectivity index (χ0n) is 14.6. The Morgan fingerprint density at radius 3 is 3.12 bits per heavy atom. The first-order valence-corrected chi connectivity index (χ1v) is 9.05. The van der Waals surface area contributed by atoms with Gasteiger partial charge in [-0.25, -0.2) is 9.07 Å². The molecule has 4 rings (SSSR count). The fraction of sp³-hybridized carbons (Fsp3) is 0.474. The van der Waals surface area contributed by atoms with E-state index in [1.807, 2.05) is 6.20 Å². The molecule has 7 heteroatoms. The predicted octanol–water partition coefficient (Wildman–Crippen LogP) is 1.47. The van der Waals surface area contributed by atoms with Crippen molar-refractivity contribution < 1.29 is 14.3 Å². The third kappa shape index (κ3) is 3.12. The fourth-order valence-corrected chi connectivity index (χ4v) is 4.12. The SMILES string of the molecule is O=C1NCCC[C@]12CN(Cc1cnn(-c3cccc(F)c3)c1)CC[C@@H]2O. The lowest BCUT2D eigenvalue weighted by Crippen LogP contribution is -2.61. The molecule has 0 bridgehead atoms. The lowest BCUT2D eigenvalue weighted by atomic mass is 9.71. The number of aromatic nitrogens is 2. The molecule has 1 aromatic carbocycles. The molecule has 0 aliphatic carbocycles. The Morgan fingerprint density at radius 2 is 2.31 bits per heavy atom. The van der Waals surface area contributed by atoms with E-state index in [1.165, 1.54) is 12.1 Å². The molecule has 0 saturated carbocycles. The third-order valence-corrected chi connectivity index (χ3v) is 5.51. The molecular formula is C19H23FN4O2. The zero-order chi connectivity index (χ0) is 18.1. The number of aliphatic hydroxyl groups excluding tert-OH is 1. The van der Waals surface area contributed by atoms with Gasteiger partial charge in [-0.05, 0) is 37.5 Å². The number of piperidine rings is 2. The normalized spacial score (nSPS) is 26.8. The third-order valence-electron chi connectivity index (χ3n) is 5.51. The van der Waals surface area contributed by atoms with Crippen LogP contribution < -0.4 is 5.32 Å². The van der Waals surface area contributed by atoms with Crippen molar-refractivity contribution in [3.63, 3.8) is 0 Å². The Labute approximate surface area is 151 Å². The van der Waals surface area contributed by atoms with E-state index in [0.29, 0.717) is 31.7 Å². The number of carbonyl (C=O) groups excluding carboxylic acids is 1. The highest BCUT2D eigenvalue weighted by molar-refractivity contribution is 5.84. The van der Waals surface area contributed by atoms with Gasteiger partial charge in [-0.2, -0.15) is 5.10 Å². The van der Waals surface area contributed by atoms with Crippen LogP contribution in [0, 0.1) is 11.2 Å². The maximum absolute atomic E-state index is 13.4. The zero-order valence-corrected chi connectivity index (χ0v) is 14.6. The van der Waals surface area contributed by atoms with Gasteiger partial charge in [0.1, 0.15) is 5.82 Å². The van der Waals surface area contributed by atoms with Crippen molar-refractivity contribution in [3.05, 3.63) is 48.0 Å². The van der Waals surface area contributed by atoms with E-state index >= 15 is 0 Å². The molecule has 26 heavy (non-hydrogen) atoms. The Hall–Kier alpha value is -2.25. The van der Waals surface area contributed by atoms with Crippen molar-refractivity contribution in [1.29, 1.82) is 0 Å². The van der Waals surface area contributed by atoms with Gasteiger partial charge in [-0.3, -0.25) is 9.69 Å². The van der Waals surface area contributed by atoms with E-state index in [1.54, 1.807) is 23.0 Å². The average molecular weight is 358 g/mol. The van der Waals surface area contributed by atoms with Crippen molar-refractivity contribution in [3.8, 4) is 5.69 Å². The molecule has 2 aromatic rings. The average Bonchev–Trinajstić information content (AvgIpc) is 3.09. The van der Waals surface area contributed by atoms with Crippen LogP contribution in [0.15, 0.2) is 36.7 Å². The highest BCUT2D eigenvalue weighted by Crippen LogP contribution is 2.37. The van der Waals surface area contributed by atoms with Crippen LogP contribution in [-0.2, 0) is 11.3 Å². The molecule has 0 radical (unpaired) electrons. The molecule has 1 spiro atoms. The number of nitrogens with one attached hydrogen (secondary N) is 1. The molecular weight excluding hydrogens is 335 g/mol. The minimum atomic E-state index is -0.699. The predicted molar refractivity (Wildman–Crippen MR) is 94.1 cm³/mol. The summed E-state index contributed by atoms with van der Waals surface area (Å²) in [5.41, 5.74) is 0.972. The second kappa shape index (κ2) is 6.81. The van der Waals surface area contributed by atoms with Gasteiger partial charge in [-0.15, -0.1) is 0 Å². The summed E-state index contributed by atoms with van der Waals surface area (Å²) in [6.07, 6.45) is 5.27. The van der Waals surface area contributed by atoms with Crippen molar-refractivity contribution in [2.45, 2.75) is 31.9 Å². The molecule has 138 valence electrons. The molecule has 2 N–H and O–H groups in total. The summed E-state index contributed by atoms with van der Waals surface area (Å²) in [7, 11) is 0. The smallest absolute Gasteiger partial charge is 0.230 e. The summed E-state index contributed by atoms with van der Waals surface area (Å²) in [5.74, 6) is -0.328. The molecule has 1 aromatic heterocycles. The largest absolute Gasteiger partial charge is 0.392 e. The van der Waals surface area contributed by atoms with Crippen LogP contribution in [0.5, 0.6) is 0 Å². The molecule has 2 atom stereocenters. The maximum atomic E-state index is 13.4. The van der Waals surface area contributed by atoms with Gasteiger partial charge in [0.15, 0.2) is 0 Å². The van der Waals surface area contributed by atoms with Crippen LogP contribution in [-0.4, -0.2) is 51.4 Å². The molecule has 2 fully saturated rings. The van der Waals surface area contributed by atoms with Crippen molar-refractivity contribution in [1.82, 2.24) is 20.0 Å². The van der Waals surface area contributed by atoms with E-state index in [9.17, 15) is 14.3 Å². The van der Waals surface area contributed by atoms with Gasteiger partial charge >= 0.3 is 0 Å². The summed E-state index contributed by atoms with van der Waals surface area (Å²) in [6, 6.07) is 6.30. The molecule has 1 amide bonds. The van der Waals surface area contributed by atoms with Gasteiger partial charge in [0, 0.05) is 37.9 Å². The topological polar surface area (TPSA) is 70.4 Å². The van der Waals surface area contributed by atoms with Gasteiger partial charge in [-0.1, -0.05) is 6.07 Å². The van der Waals surface area contributed by atoms with Crippen LogP contribution in [0.25, 0.3) is 5.69 Å². The van der Waals surface area contributed by atoms with Crippen molar-refractivity contribution in [2.75, 3.05) is 19.6 Å².